The number of nitrogens with two attached hydrogens (primary N) is 1. The van der Waals surface area contributed by atoms with Crippen LogP contribution in [0.1, 0.15) is 11.1 Å². The minimum atomic E-state index is 0.401. The molecular weight excluding hydrogens is 250 g/mol. The number of benzene rings is 1. The summed E-state index contributed by atoms with van der Waals surface area (Å²) in [5.41, 5.74) is 8.73. The quantitative estimate of drug-likeness (QED) is 0.682. The van der Waals surface area contributed by atoms with Crippen molar-refractivity contribution in [1.29, 1.82) is 0 Å². The van der Waals surface area contributed by atoms with E-state index in [1.165, 1.54) is 0 Å². The number of nitrogens with zero attached hydrogens (tertiary/aromatic N) is 2. The van der Waals surface area contributed by atoms with Gasteiger partial charge in [-0.2, -0.15) is 5.10 Å². The van der Waals surface area contributed by atoms with Crippen LogP contribution in [-0.4, -0.2) is 21.0 Å². The second kappa shape index (κ2) is 4.89. The van der Waals surface area contributed by atoms with Crippen LogP contribution in [0.5, 0.6) is 0 Å². The molecule has 0 aliphatic rings. The summed E-state index contributed by atoms with van der Waals surface area (Å²) in [6.07, 6.45) is 5.78. The third-order valence-electron chi connectivity index (χ3n) is 2.43. The van der Waals surface area contributed by atoms with E-state index in [9.17, 15) is 0 Å². The van der Waals surface area contributed by atoms with Crippen molar-refractivity contribution in [3.8, 4) is 5.69 Å². The molecule has 0 aliphatic heterocycles. The average molecular weight is 263 g/mol. The molecule has 2 N–H and O–H groups in total. The third kappa shape index (κ3) is 2.35. The highest BCUT2D eigenvalue weighted by atomic mass is 32.2. The minimum absolute atomic E-state index is 0.401. The highest BCUT2D eigenvalue weighted by Crippen LogP contribution is 2.25. The fourth-order valence-electron chi connectivity index (χ4n) is 1.67. The van der Waals surface area contributed by atoms with E-state index in [1.807, 2.05) is 48.5 Å². The molecule has 0 saturated heterocycles. The van der Waals surface area contributed by atoms with Crippen LogP contribution >= 0.6 is 24.0 Å². The van der Waals surface area contributed by atoms with Gasteiger partial charge >= 0.3 is 0 Å². The van der Waals surface area contributed by atoms with E-state index >= 15 is 0 Å². The standard InChI is InChI=1S/C12H13N3S2/c1-8-6-14-15(7-8)9-4-3-5-10(17-2)11(9)12(13)16/h3-7H,1-2H3,(H2,13,16). The van der Waals surface area contributed by atoms with Gasteiger partial charge in [-0.05, 0) is 30.9 Å². The number of thioether (sulfide) groups is 1. The Kier molecular flexibility index (Phi) is 3.49. The van der Waals surface area contributed by atoms with E-state index in [0.717, 1.165) is 21.7 Å². The number of rotatable bonds is 3. The van der Waals surface area contributed by atoms with Crippen LogP contribution in [0.15, 0.2) is 35.5 Å². The maximum atomic E-state index is 5.81. The molecule has 2 aromatic rings. The van der Waals surface area contributed by atoms with Gasteiger partial charge in [0.2, 0.25) is 0 Å². The summed E-state index contributed by atoms with van der Waals surface area (Å²) in [6, 6.07) is 5.97. The highest BCUT2D eigenvalue weighted by molar-refractivity contribution is 7.98. The lowest BCUT2D eigenvalue weighted by Gasteiger charge is -2.12. The van der Waals surface area contributed by atoms with E-state index < -0.39 is 0 Å². The Labute approximate surface area is 110 Å². The summed E-state index contributed by atoms with van der Waals surface area (Å²) in [7, 11) is 0. The van der Waals surface area contributed by atoms with Crippen molar-refractivity contribution < 1.29 is 0 Å². The molecule has 0 atom stereocenters. The van der Waals surface area contributed by atoms with Crippen LogP contribution in [-0.2, 0) is 0 Å². The molecule has 5 heteroatoms. The maximum absolute atomic E-state index is 5.81. The molecule has 17 heavy (non-hydrogen) atoms. The summed E-state index contributed by atoms with van der Waals surface area (Å²) < 4.78 is 1.81. The van der Waals surface area contributed by atoms with Crippen LogP contribution in [0.4, 0.5) is 0 Å². The molecule has 0 fully saturated rings. The second-order valence-electron chi connectivity index (χ2n) is 3.68. The predicted octanol–water partition coefficient (Wildman–Crippen LogP) is 2.54. The topological polar surface area (TPSA) is 43.8 Å². The van der Waals surface area contributed by atoms with E-state index in [-0.39, 0.29) is 0 Å². The van der Waals surface area contributed by atoms with Gasteiger partial charge < -0.3 is 5.73 Å². The largest absolute Gasteiger partial charge is 0.389 e. The second-order valence-corrected chi connectivity index (χ2v) is 4.97. The number of hydrogen-bond donors (Lipinski definition) is 1. The predicted molar refractivity (Wildman–Crippen MR) is 76.0 cm³/mol. The third-order valence-corrected chi connectivity index (χ3v) is 3.41. The van der Waals surface area contributed by atoms with E-state index in [1.54, 1.807) is 11.8 Å². The molecule has 1 aromatic carbocycles. The average Bonchev–Trinajstić information content (AvgIpc) is 2.74. The first-order chi connectivity index (χ1) is 8.13. The first kappa shape index (κ1) is 12.1. The molecule has 0 radical (unpaired) electrons. The molecule has 0 saturated carbocycles. The lowest BCUT2D eigenvalue weighted by atomic mass is 10.2. The van der Waals surface area contributed by atoms with Crippen LogP contribution in [0, 0.1) is 6.92 Å². The van der Waals surface area contributed by atoms with Crippen LogP contribution in [0.3, 0.4) is 0 Å². The Balaban J connectivity index is 2.65. The van der Waals surface area contributed by atoms with Gasteiger partial charge in [-0.1, -0.05) is 18.3 Å². The van der Waals surface area contributed by atoms with Crippen molar-refractivity contribution in [3.63, 3.8) is 0 Å². The fraction of sp³-hybridized carbons (Fsp3) is 0.167. The Morgan fingerprint density at radius 2 is 2.24 bits per heavy atom. The van der Waals surface area contributed by atoms with Crippen molar-refractivity contribution in [1.82, 2.24) is 9.78 Å². The summed E-state index contributed by atoms with van der Waals surface area (Å²) in [6.45, 7) is 2.00. The first-order valence-electron chi connectivity index (χ1n) is 5.12. The fourth-order valence-corrected chi connectivity index (χ4v) is 2.59. The molecule has 0 spiro atoms. The van der Waals surface area contributed by atoms with Crippen LogP contribution in [0.2, 0.25) is 0 Å². The molecule has 1 heterocycles. The smallest absolute Gasteiger partial charge is 0.107 e. The Bertz CT molecular complexity index is 561. The van der Waals surface area contributed by atoms with Gasteiger partial charge in [0.1, 0.15) is 4.99 Å². The molecule has 0 unspecified atom stereocenters. The van der Waals surface area contributed by atoms with Crippen molar-refractivity contribution in [2.75, 3.05) is 6.26 Å². The molecule has 2 rings (SSSR count). The van der Waals surface area contributed by atoms with Crippen molar-refractivity contribution in [2.45, 2.75) is 11.8 Å². The maximum Gasteiger partial charge on any atom is 0.107 e. The van der Waals surface area contributed by atoms with E-state index in [0.29, 0.717) is 4.99 Å². The van der Waals surface area contributed by atoms with Gasteiger partial charge in [0.25, 0.3) is 0 Å². The zero-order chi connectivity index (χ0) is 12.4. The summed E-state index contributed by atoms with van der Waals surface area (Å²) in [4.78, 5) is 1.47. The molecular formula is C12H13N3S2. The Hall–Kier alpha value is -1.33. The van der Waals surface area contributed by atoms with Crippen LogP contribution in [0.25, 0.3) is 5.69 Å². The number of thiocarbonyl (C=S) groups is 1. The number of aromatic nitrogens is 2. The van der Waals surface area contributed by atoms with E-state index in [2.05, 4.69) is 5.10 Å². The van der Waals surface area contributed by atoms with Gasteiger partial charge in [-0.15, -0.1) is 11.8 Å². The monoisotopic (exact) mass is 263 g/mol. The summed E-state index contributed by atoms with van der Waals surface area (Å²) >= 11 is 6.76. The van der Waals surface area contributed by atoms with Gasteiger partial charge in [-0.25, -0.2) is 4.68 Å². The number of hydrogen-bond acceptors (Lipinski definition) is 3. The minimum Gasteiger partial charge on any atom is -0.389 e. The molecule has 0 amide bonds. The van der Waals surface area contributed by atoms with E-state index in [4.69, 9.17) is 18.0 Å². The molecule has 1 aromatic heterocycles. The number of aryl methyl sites for hydroxylation is 1. The highest BCUT2D eigenvalue weighted by Gasteiger charge is 2.12. The lowest BCUT2D eigenvalue weighted by molar-refractivity contribution is 0.874. The SMILES string of the molecule is CSc1cccc(-n2cc(C)cn2)c1C(N)=S. The van der Waals surface area contributed by atoms with Crippen molar-refractivity contribution in [2.24, 2.45) is 5.73 Å². The van der Waals surface area contributed by atoms with Gasteiger partial charge in [0.15, 0.2) is 0 Å². The summed E-state index contributed by atoms with van der Waals surface area (Å²) in [5, 5.41) is 4.30. The van der Waals surface area contributed by atoms with Crippen molar-refractivity contribution >= 4 is 29.0 Å². The molecule has 0 bridgehead atoms. The molecule has 0 aliphatic carbocycles. The zero-order valence-electron chi connectivity index (χ0n) is 9.68. The van der Waals surface area contributed by atoms with Gasteiger partial charge in [0.05, 0.1) is 11.9 Å². The van der Waals surface area contributed by atoms with Gasteiger partial charge in [0, 0.05) is 16.7 Å². The van der Waals surface area contributed by atoms with Crippen molar-refractivity contribution in [3.05, 3.63) is 41.7 Å². The first-order valence-corrected chi connectivity index (χ1v) is 6.75. The lowest BCUT2D eigenvalue weighted by Crippen LogP contribution is -2.15. The summed E-state index contributed by atoms with van der Waals surface area (Å²) in [5.74, 6) is 0. The zero-order valence-corrected chi connectivity index (χ0v) is 11.3. The molecule has 3 nitrogen and oxygen atoms in total. The molecule has 88 valence electrons. The van der Waals surface area contributed by atoms with Crippen LogP contribution < -0.4 is 5.73 Å². The Morgan fingerprint density at radius 3 is 2.76 bits per heavy atom. The normalized spacial score (nSPS) is 10.5. The Morgan fingerprint density at radius 1 is 1.47 bits per heavy atom. The van der Waals surface area contributed by atoms with Gasteiger partial charge in [-0.3, -0.25) is 0 Å².